The minimum Gasteiger partial charge on any atom is -0.348 e. The van der Waals surface area contributed by atoms with Crippen molar-refractivity contribution in [3.63, 3.8) is 0 Å². The highest BCUT2D eigenvalue weighted by Crippen LogP contribution is 2.22. The van der Waals surface area contributed by atoms with Crippen molar-refractivity contribution >= 4 is 11.6 Å². The van der Waals surface area contributed by atoms with E-state index in [1.165, 1.54) is 5.56 Å². The summed E-state index contributed by atoms with van der Waals surface area (Å²) in [5.41, 5.74) is 5.76. The molecule has 4 nitrogen and oxygen atoms in total. The van der Waals surface area contributed by atoms with E-state index in [1.807, 2.05) is 57.2 Å². The molecule has 3 rings (SSSR count). The summed E-state index contributed by atoms with van der Waals surface area (Å²) in [6.07, 6.45) is 2.71. The second-order valence-electron chi connectivity index (χ2n) is 7.77. The molecule has 0 aliphatic carbocycles. The fraction of sp³-hybridized carbons (Fsp3) is 0.308. The lowest BCUT2D eigenvalue weighted by atomic mass is 10.0. The lowest BCUT2D eigenvalue weighted by molar-refractivity contribution is 0.102. The predicted molar refractivity (Wildman–Crippen MR) is 123 cm³/mol. The maximum absolute atomic E-state index is 13.1. The number of para-hydroxylation sites is 1. The molecule has 2 aromatic carbocycles. The van der Waals surface area contributed by atoms with Gasteiger partial charge in [-0.15, -0.1) is 0 Å². The summed E-state index contributed by atoms with van der Waals surface area (Å²) in [5, 5.41) is 3.00. The molecule has 1 amide bonds. The zero-order valence-corrected chi connectivity index (χ0v) is 18.3. The molecule has 4 heteroatoms. The Labute approximate surface area is 178 Å². The number of rotatable bonds is 7. The van der Waals surface area contributed by atoms with E-state index in [9.17, 15) is 9.59 Å². The first kappa shape index (κ1) is 21.6. The van der Waals surface area contributed by atoms with Gasteiger partial charge in [0.15, 0.2) is 5.43 Å². The minimum atomic E-state index is -0.335. The molecule has 1 heterocycles. The van der Waals surface area contributed by atoms with E-state index in [0.717, 1.165) is 54.0 Å². The Morgan fingerprint density at radius 3 is 2.43 bits per heavy atom. The van der Waals surface area contributed by atoms with Gasteiger partial charge in [0.2, 0.25) is 0 Å². The van der Waals surface area contributed by atoms with E-state index in [2.05, 4.69) is 28.9 Å². The van der Waals surface area contributed by atoms with E-state index in [-0.39, 0.29) is 16.9 Å². The van der Waals surface area contributed by atoms with Gasteiger partial charge in [0.05, 0.1) is 0 Å². The highest BCUT2D eigenvalue weighted by Gasteiger charge is 2.19. The van der Waals surface area contributed by atoms with E-state index in [4.69, 9.17) is 0 Å². The van der Waals surface area contributed by atoms with Gasteiger partial charge in [-0.25, -0.2) is 0 Å². The topological polar surface area (TPSA) is 51.1 Å². The number of aromatic nitrogens is 1. The molecule has 0 saturated carbocycles. The van der Waals surface area contributed by atoms with Crippen LogP contribution in [-0.4, -0.2) is 10.5 Å². The molecule has 0 spiro atoms. The maximum Gasteiger partial charge on any atom is 0.261 e. The van der Waals surface area contributed by atoms with Crippen molar-refractivity contribution in [1.82, 2.24) is 4.57 Å². The van der Waals surface area contributed by atoms with E-state index in [1.54, 1.807) is 6.07 Å². The van der Waals surface area contributed by atoms with Crippen molar-refractivity contribution in [3.8, 4) is 0 Å². The van der Waals surface area contributed by atoms with Gasteiger partial charge in [0.1, 0.15) is 5.56 Å². The second kappa shape index (κ2) is 9.57. The molecule has 156 valence electrons. The van der Waals surface area contributed by atoms with Crippen LogP contribution in [-0.2, 0) is 19.4 Å². The van der Waals surface area contributed by atoms with Gasteiger partial charge in [0, 0.05) is 29.7 Å². The van der Waals surface area contributed by atoms with Crippen LogP contribution >= 0.6 is 0 Å². The molecule has 0 radical (unpaired) electrons. The zero-order valence-electron chi connectivity index (χ0n) is 18.3. The quantitative estimate of drug-likeness (QED) is 0.589. The predicted octanol–water partition coefficient (Wildman–Crippen LogP) is 5.22. The van der Waals surface area contributed by atoms with Crippen molar-refractivity contribution in [1.29, 1.82) is 0 Å². The Bertz CT molecular complexity index is 1100. The monoisotopic (exact) mass is 402 g/mol. The zero-order chi connectivity index (χ0) is 21.7. The van der Waals surface area contributed by atoms with Gasteiger partial charge in [-0.2, -0.15) is 0 Å². The Hall–Kier alpha value is -3.14. The second-order valence-corrected chi connectivity index (χ2v) is 7.77. The van der Waals surface area contributed by atoms with Crippen molar-refractivity contribution in [3.05, 3.63) is 98.5 Å². The maximum atomic E-state index is 13.1. The van der Waals surface area contributed by atoms with Gasteiger partial charge in [-0.1, -0.05) is 55.5 Å². The number of aryl methyl sites for hydroxylation is 4. The third-order valence-corrected chi connectivity index (χ3v) is 5.67. The SMILES string of the molecule is CCc1cccc(C)c1NC(=O)c1c(C)n(CCCc2ccccc2)c(C)cc1=O. The van der Waals surface area contributed by atoms with Crippen LogP contribution in [0.2, 0.25) is 0 Å². The van der Waals surface area contributed by atoms with Crippen LogP contribution in [0, 0.1) is 20.8 Å². The van der Waals surface area contributed by atoms with Crippen LogP contribution in [0.5, 0.6) is 0 Å². The summed E-state index contributed by atoms with van der Waals surface area (Å²) in [4.78, 5) is 25.8. The first-order chi connectivity index (χ1) is 14.4. The molecule has 1 N–H and O–H groups in total. The lowest BCUT2D eigenvalue weighted by Crippen LogP contribution is -2.27. The third kappa shape index (κ3) is 4.70. The van der Waals surface area contributed by atoms with Gasteiger partial charge in [0.25, 0.3) is 5.91 Å². The van der Waals surface area contributed by atoms with Gasteiger partial charge in [-0.05, 0) is 56.7 Å². The summed E-state index contributed by atoms with van der Waals surface area (Å²) < 4.78 is 2.08. The Balaban J connectivity index is 1.85. The smallest absolute Gasteiger partial charge is 0.261 e. The average molecular weight is 403 g/mol. The first-order valence-corrected chi connectivity index (χ1v) is 10.6. The number of amides is 1. The molecule has 0 fully saturated rings. The summed E-state index contributed by atoms with van der Waals surface area (Å²) in [7, 11) is 0. The molecular weight excluding hydrogens is 372 g/mol. The molecule has 0 atom stereocenters. The van der Waals surface area contributed by atoms with Crippen LogP contribution in [0.3, 0.4) is 0 Å². The van der Waals surface area contributed by atoms with E-state index < -0.39 is 0 Å². The van der Waals surface area contributed by atoms with Gasteiger partial charge in [-0.3, -0.25) is 9.59 Å². The Morgan fingerprint density at radius 2 is 1.73 bits per heavy atom. The van der Waals surface area contributed by atoms with Crippen LogP contribution in [0.15, 0.2) is 59.4 Å². The number of nitrogens with one attached hydrogen (secondary N) is 1. The van der Waals surface area contributed by atoms with Crippen LogP contribution in [0.1, 0.15) is 51.8 Å². The first-order valence-electron chi connectivity index (χ1n) is 10.6. The number of pyridine rings is 1. The highest BCUT2D eigenvalue weighted by atomic mass is 16.2. The molecule has 0 saturated heterocycles. The number of carbonyl (C=O) groups is 1. The number of hydrogen-bond acceptors (Lipinski definition) is 2. The molecule has 0 bridgehead atoms. The highest BCUT2D eigenvalue weighted by molar-refractivity contribution is 6.05. The fourth-order valence-corrected chi connectivity index (χ4v) is 4.00. The summed E-state index contributed by atoms with van der Waals surface area (Å²) in [6.45, 7) is 8.58. The number of carbonyl (C=O) groups excluding carboxylic acids is 1. The number of benzene rings is 2. The largest absolute Gasteiger partial charge is 0.348 e. The lowest BCUT2D eigenvalue weighted by Gasteiger charge is -2.19. The standard InChI is InChI=1S/C26H30N2O2/c1-5-22-15-9-11-18(2)25(22)27-26(30)24-20(4)28(19(3)17-23(24)29)16-10-14-21-12-7-6-8-13-21/h6-9,11-13,15,17H,5,10,14,16H2,1-4H3,(H,27,30). The molecular formula is C26H30N2O2. The summed E-state index contributed by atoms with van der Waals surface area (Å²) in [6, 6.07) is 17.9. The average Bonchev–Trinajstić information content (AvgIpc) is 2.72. The van der Waals surface area contributed by atoms with E-state index >= 15 is 0 Å². The van der Waals surface area contributed by atoms with Gasteiger partial charge >= 0.3 is 0 Å². The van der Waals surface area contributed by atoms with Crippen LogP contribution < -0.4 is 10.7 Å². The normalized spacial score (nSPS) is 10.8. The van der Waals surface area contributed by atoms with Crippen LogP contribution in [0.25, 0.3) is 0 Å². The molecule has 30 heavy (non-hydrogen) atoms. The molecule has 1 aromatic heterocycles. The fourth-order valence-electron chi connectivity index (χ4n) is 4.00. The van der Waals surface area contributed by atoms with Crippen LogP contribution in [0.4, 0.5) is 5.69 Å². The van der Waals surface area contributed by atoms with Crippen molar-refractivity contribution in [2.24, 2.45) is 0 Å². The molecule has 3 aromatic rings. The number of anilines is 1. The van der Waals surface area contributed by atoms with Gasteiger partial charge < -0.3 is 9.88 Å². The molecule has 0 aliphatic rings. The van der Waals surface area contributed by atoms with Crippen molar-refractivity contribution in [2.75, 3.05) is 5.32 Å². The van der Waals surface area contributed by atoms with Crippen molar-refractivity contribution in [2.45, 2.75) is 53.5 Å². The molecule has 0 unspecified atom stereocenters. The Kier molecular flexibility index (Phi) is 6.88. The number of nitrogens with zero attached hydrogens (tertiary/aromatic N) is 1. The minimum absolute atomic E-state index is 0.227. The van der Waals surface area contributed by atoms with E-state index in [0.29, 0.717) is 0 Å². The third-order valence-electron chi connectivity index (χ3n) is 5.67. The number of hydrogen-bond donors (Lipinski definition) is 1. The Morgan fingerprint density at radius 1 is 1.00 bits per heavy atom. The summed E-state index contributed by atoms with van der Waals surface area (Å²) in [5.74, 6) is -0.335. The summed E-state index contributed by atoms with van der Waals surface area (Å²) >= 11 is 0. The molecule has 0 aliphatic heterocycles. The van der Waals surface area contributed by atoms with Crippen molar-refractivity contribution < 1.29 is 4.79 Å².